The number of nitrogens with one attached hydrogen (secondary N) is 1. The highest BCUT2D eigenvalue weighted by atomic mass is 19.4. The van der Waals surface area contributed by atoms with Crippen LogP contribution in [-0.4, -0.2) is 32.0 Å². The second kappa shape index (κ2) is 3.40. The molecule has 0 aromatic rings. The van der Waals surface area contributed by atoms with Crippen LogP contribution in [0, 0.1) is 0 Å². The summed E-state index contributed by atoms with van der Waals surface area (Å²) in [7, 11) is 0. The van der Waals surface area contributed by atoms with Crippen molar-refractivity contribution >= 4 is 0 Å². The van der Waals surface area contributed by atoms with E-state index in [0.29, 0.717) is 13.0 Å². The number of rotatable bonds is 0. The first-order chi connectivity index (χ1) is 5.11. The summed E-state index contributed by atoms with van der Waals surface area (Å²) in [5.41, 5.74) is 0. The molecular weight excluding hydrogens is 159 g/mol. The zero-order valence-corrected chi connectivity index (χ0v) is 5.95. The summed E-state index contributed by atoms with van der Waals surface area (Å²) in [4.78, 5) is 0. The van der Waals surface area contributed by atoms with Gasteiger partial charge >= 0.3 is 6.18 Å². The fourth-order valence-electron chi connectivity index (χ4n) is 0.925. The van der Waals surface area contributed by atoms with Gasteiger partial charge in [-0.1, -0.05) is 0 Å². The van der Waals surface area contributed by atoms with Gasteiger partial charge in [0.25, 0.3) is 0 Å². The molecule has 0 saturated carbocycles. The SMILES string of the molecule is FC(F)(F)[C@H]1CNCCCO1. The van der Waals surface area contributed by atoms with E-state index in [2.05, 4.69) is 10.1 Å². The van der Waals surface area contributed by atoms with E-state index in [1.807, 2.05) is 0 Å². The molecule has 1 aliphatic rings. The fourth-order valence-corrected chi connectivity index (χ4v) is 0.925. The molecule has 0 bridgehead atoms. The summed E-state index contributed by atoms with van der Waals surface area (Å²) in [6.45, 7) is 0.674. The number of hydrogen-bond donors (Lipinski definition) is 1. The van der Waals surface area contributed by atoms with Gasteiger partial charge in [0.1, 0.15) is 0 Å². The summed E-state index contributed by atoms with van der Waals surface area (Å²) in [6.07, 6.45) is -5.20. The molecule has 1 atom stereocenters. The Kier molecular flexibility index (Phi) is 2.72. The molecule has 1 saturated heterocycles. The molecule has 0 amide bonds. The Morgan fingerprint density at radius 1 is 1.36 bits per heavy atom. The molecule has 0 aliphatic carbocycles. The van der Waals surface area contributed by atoms with Gasteiger partial charge in [0.2, 0.25) is 0 Å². The van der Waals surface area contributed by atoms with Gasteiger partial charge in [0, 0.05) is 13.2 Å². The van der Waals surface area contributed by atoms with Crippen LogP contribution in [0.3, 0.4) is 0 Å². The minimum absolute atomic E-state index is 0.122. The molecular formula is C6H10F3NO. The number of hydrogen-bond acceptors (Lipinski definition) is 2. The monoisotopic (exact) mass is 169 g/mol. The van der Waals surface area contributed by atoms with Crippen molar-refractivity contribution in [3.8, 4) is 0 Å². The van der Waals surface area contributed by atoms with Crippen molar-refractivity contribution in [2.24, 2.45) is 0 Å². The molecule has 1 aliphatic heterocycles. The number of alkyl halides is 3. The van der Waals surface area contributed by atoms with Gasteiger partial charge in [-0.25, -0.2) is 0 Å². The van der Waals surface area contributed by atoms with Gasteiger partial charge in [-0.05, 0) is 13.0 Å². The van der Waals surface area contributed by atoms with Crippen LogP contribution in [0.15, 0.2) is 0 Å². The molecule has 11 heavy (non-hydrogen) atoms. The normalized spacial score (nSPS) is 28.1. The lowest BCUT2D eigenvalue weighted by atomic mass is 10.3. The summed E-state index contributed by atoms with van der Waals surface area (Å²) in [5.74, 6) is 0. The van der Waals surface area contributed by atoms with E-state index in [4.69, 9.17) is 0 Å². The predicted molar refractivity (Wildman–Crippen MR) is 33.3 cm³/mol. The third kappa shape index (κ3) is 2.67. The first kappa shape index (κ1) is 8.80. The molecule has 0 unspecified atom stereocenters. The Morgan fingerprint density at radius 2 is 2.09 bits per heavy atom. The van der Waals surface area contributed by atoms with Crippen LogP contribution in [0.2, 0.25) is 0 Å². The lowest BCUT2D eigenvalue weighted by molar-refractivity contribution is -0.215. The van der Waals surface area contributed by atoms with Crippen LogP contribution < -0.4 is 5.32 Å². The third-order valence-electron chi connectivity index (χ3n) is 1.51. The van der Waals surface area contributed by atoms with Gasteiger partial charge in [-0.2, -0.15) is 13.2 Å². The zero-order valence-electron chi connectivity index (χ0n) is 5.95. The molecule has 2 nitrogen and oxygen atoms in total. The first-order valence-corrected chi connectivity index (χ1v) is 3.50. The molecule has 1 heterocycles. The zero-order chi connectivity index (χ0) is 8.32. The Balaban J connectivity index is 2.43. The summed E-state index contributed by atoms with van der Waals surface area (Å²) in [6, 6.07) is 0. The maximum Gasteiger partial charge on any atom is 0.415 e. The van der Waals surface area contributed by atoms with E-state index < -0.39 is 12.3 Å². The Labute approximate surface area is 62.7 Å². The van der Waals surface area contributed by atoms with Gasteiger partial charge in [-0.15, -0.1) is 0 Å². The second-order valence-corrected chi connectivity index (χ2v) is 2.46. The minimum atomic E-state index is -4.22. The lowest BCUT2D eigenvalue weighted by Crippen LogP contribution is -2.38. The minimum Gasteiger partial charge on any atom is -0.367 e. The van der Waals surface area contributed by atoms with Crippen molar-refractivity contribution < 1.29 is 17.9 Å². The highest BCUT2D eigenvalue weighted by Crippen LogP contribution is 2.23. The highest BCUT2D eigenvalue weighted by molar-refractivity contribution is 4.72. The van der Waals surface area contributed by atoms with E-state index in [0.717, 1.165) is 0 Å². The standard InChI is InChI=1S/C6H10F3NO/c7-6(8,9)5-4-10-2-1-3-11-5/h5,10H,1-4H2/t5-/m1/s1. The maximum atomic E-state index is 12.0. The van der Waals surface area contributed by atoms with Crippen molar-refractivity contribution in [1.29, 1.82) is 0 Å². The molecule has 0 aromatic carbocycles. The lowest BCUT2D eigenvalue weighted by Gasteiger charge is -2.17. The Morgan fingerprint density at radius 3 is 2.73 bits per heavy atom. The second-order valence-electron chi connectivity index (χ2n) is 2.46. The Bertz CT molecular complexity index is 117. The average molecular weight is 169 g/mol. The smallest absolute Gasteiger partial charge is 0.367 e. The Hall–Kier alpha value is -0.290. The van der Waals surface area contributed by atoms with Crippen LogP contribution in [0.25, 0.3) is 0 Å². The highest BCUT2D eigenvalue weighted by Gasteiger charge is 2.40. The number of ether oxygens (including phenoxy) is 1. The van der Waals surface area contributed by atoms with Gasteiger partial charge in [-0.3, -0.25) is 0 Å². The first-order valence-electron chi connectivity index (χ1n) is 3.50. The molecule has 1 N–H and O–H groups in total. The van der Waals surface area contributed by atoms with Crippen molar-refractivity contribution in [3.63, 3.8) is 0 Å². The van der Waals surface area contributed by atoms with Crippen molar-refractivity contribution in [3.05, 3.63) is 0 Å². The largest absolute Gasteiger partial charge is 0.415 e. The molecule has 0 aromatic heterocycles. The third-order valence-corrected chi connectivity index (χ3v) is 1.51. The topological polar surface area (TPSA) is 21.3 Å². The molecule has 0 spiro atoms. The van der Waals surface area contributed by atoms with E-state index in [1.54, 1.807) is 0 Å². The van der Waals surface area contributed by atoms with E-state index in [9.17, 15) is 13.2 Å². The molecule has 66 valence electrons. The van der Waals surface area contributed by atoms with Gasteiger partial charge in [0.05, 0.1) is 0 Å². The quantitative estimate of drug-likeness (QED) is 0.582. The predicted octanol–water partition coefficient (Wildman–Crippen LogP) is 0.927. The number of halogens is 3. The van der Waals surface area contributed by atoms with Gasteiger partial charge in [0.15, 0.2) is 6.10 Å². The summed E-state index contributed by atoms with van der Waals surface area (Å²) < 4.78 is 40.5. The van der Waals surface area contributed by atoms with Crippen LogP contribution >= 0.6 is 0 Å². The van der Waals surface area contributed by atoms with Crippen molar-refractivity contribution in [1.82, 2.24) is 5.32 Å². The van der Waals surface area contributed by atoms with E-state index in [1.165, 1.54) is 0 Å². The van der Waals surface area contributed by atoms with Crippen LogP contribution in [0.5, 0.6) is 0 Å². The van der Waals surface area contributed by atoms with E-state index in [-0.39, 0.29) is 13.2 Å². The van der Waals surface area contributed by atoms with E-state index >= 15 is 0 Å². The molecule has 1 fully saturated rings. The maximum absolute atomic E-state index is 12.0. The molecule has 1 rings (SSSR count). The van der Waals surface area contributed by atoms with Crippen molar-refractivity contribution in [2.45, 2.75) is 18.7 Å². The fraction of sp³-hybridized carbons (Fsp3) is 1.00. The van der Waals surface area contributed by atoms with Gasteiger partial charge < -0.3 is 10.1 Å². The summed E-state index contributed by atoms with van der Waals surface area (Å²) in [5, 5.41) is 2.66. The molecule has 5 heteroatoms. The molecule has 0 radical (unpaired) electrons. The van der Waals surface area contributed by atoms with Crippen LogP contribution in [-0.2, 0) is 4.74 Å². The average Bonchev–Trinajstić information content (AvgIpc) is 2.10. The van der Waals surface area contributed by atoms with Crippen molar-refractivity contribution in [2.75, 3.05) is 19.7 Å². The summed E-state index contributed by atoms with van der Waals surface area (Å²) >= 11 is 0. The van der Waals surface area contributed by atoms with Crippen LogP contribution in [0.4, 0.5) is 13.2 Å². The van der Waals surface area contributed by atoms with Crippen LogP contribution in [0.1, 0.15) is 6.42 Å².